The fourth-order valence-corrected chi connectivity index (χ4v) is 5.17. The van der Waals surface area contributed by atoms with Crippen LogP contribution >= 0.6 is 21.9 Å². The molecule has 7 nitrogen and oxygen atoms in total. The minimum absolute atomic E-state index is 0.131. The van der Waals surface area contributed by atoms with Gasteiger partial charge in [0.2, 0.25) is 0 Å². The third-order valence-corrected chi connectivity index (χ3v) is 7.68. The monoisotopic (exact) mass is 433 g/mol. The minimum atomic E-state index is -2.92. The van der Waals surface area contributed by atoms with Gasteiger partial charge < -0.3 is 4.84 Å². The molecule has 9 heteroatoms. The molecule has 2 aromatic rings. The number of allylic oxidation sites excluding steroid dienone is 2. The van der Waals surface area contributed by atoms with E-state index in [4.69, 9.17) is 4.84 Å². The van der Waals surface area contributed by atoms with Crippen LogP contribution in [0.15, 0.2) is 56.9 Å². The average molecular weight is 434 g/mol. The Bertz CT molecular complexity index is 918. The van der Waals surface area contributed by atoms with Gasteiger partial charge in [0, 0.05) is 28.5 Å². The Morgan fingerprint density at radius 2 is 2.00 bits per heavy atom. The predicted molar refractivity (Wildman–Crippen MR) is 115 cm³/mol. The molecule has 1 saturated carbocycles. The summed E-state index contributed by atoms with van der Waals surface area (Å²) < 4.78 is 20.7. The zero-order valence-corrected chi connectivity index (χ0v) is 17.4. The first-order chi connectivity index (χ1) is 14.0. The first-order valence-corrected chi connectivity index (χ1v) is 12.0. The second-order valence-electron chi connectivity index (χ2n) is 7.13. The van der Waals surface area contributed by atoms with Crippen LogP contribution in [0.5, 0.6) is 0 Å². The van der Waals surface area contributed by atoms with Crippen LogP contribution in [0.25, 0.3) is 0 Å². The molecular weight excluding hydrogens is 410 g/mol. The highest BCUT2D eigenvalue weighted by molar-refractivity contribution is 8.27. The summed E-state index contributed by atoms with van der Waals surface area (Å²) in [6, 6.07) is 6.55. The maximum absolute atomic E-state index is 12.8. The summed E-state index contributed by atoms with van der Waals surface area (Å²) in [5.41, 5.74) is 0.668. The lowest BCUT2D eigenvalue weighted by molar-refractivity contribution is -0.110. The molecule has 1 amide bonds. The molecule has 4 rings (SSSR count). The number of benzene rings is 1. The van der Waals surface area contributed by atoms with Crippen LogP contribution < -0.4 is 5.32 Å². The van der Waals surface area contributed by atoms with E-state index in [9.17, 15) is 13.9 Å². The van der Waals surface area contributed by atoms with Crippen LogP contribution in [-0.4, -0.2) is 32.3 Å². The Kier molecular flexibility index (Phi) is 6.00. The van der Waals surface area contributed by atoms with Crippen molar-refractivity contribution in [3.05, 3.63) is 52.4 Å². The summed E-state index contributed by atoms with van der Waals surface area (Å²) in [5.74, 6) is 0.0554. The molecule has 154 valence electrons. The van der Waals surface area contributed by atoms with Gasteiger partial charge in [0.15, 0.2) is 10.8 Å². The number of nitrogens with zero attached hydrogens (tertiary/aromatic N) is 2. The summed E-state index contributed by atoms with van der Waals surface area (Å²) >= 11 is 1.32. The van der Waals surface area contributed by atoms with Crippen LogP contribution in [0.3, 0.4) is 0 Å². The first kappa shape index (κ1) is 20.1. The molecule has 0 unspecified atom stereocenters. The van der Waals surface area contributed by atoms with E-state index in [1.165, 1.54) is 24.2 Å². The van der Waals surface area contributed by atoms with Gasteiger partial charge in [-0.2, -0.15) is 0 Å². The molecule has 2 aliphatic rings. The number of amides is 1. The van der Waals surface area contributed by atoms with Gasteiger partial charge in [-0.15, -0.1) is 21.9 Å². The molecule has 1 heterocycles. The highest BCUT2D eigenvalue weighted by Gasteiger charge is 2.27. The van der Waals surface area contributed by atoms with E-state index in [1.807, 2.05) is 0 Å². The molecule has 1 aromatic carbocycles. The van der Waals surface area contributed by atoms with Crippen molar-refractivity contribution in [2.24, 2.45) is 11.1 Å². The van der Waals surface area contributed by atoms with E-state index in [-0.39, 0.29) is 5.71 Å². The summed E-state index contributed by atoms with van der Waals surface area (Å²) in [6.45, 7) is 0.487. The Morgan fingerprint density at radius 1 is 1.28 bits per heavy atom. The molecule has 0 atom stereocenters. The molecule has 2 aliphatic carbocycles. The van der Waals surface area contributed by atoms with Crippen molar-refractivity contribution in [2.45, 2.75) is 37.0 Å². The highest BCUT2D eigenvalue weighted by Crippen LogP contribution is 2.61. The van der Waals surface area contributed by atoms with Crippen LogP contribution in [0.4, 0.5) is 5.13 Å². The van der Waals surface area contributed by atoms with E-state index >= 15 is 0 Å². The van der Waals surface area contributed by atoms with Crippen LogP contribution in [0.2, 0.25) is 0 Å². The Balaban J connectivity index is 1.53. The van der Waals surface area contributed by atoms with Crippen molar-refractivity contribution in [3.8, 4) is 0 Å². The number of aromatic nitrogens is 1. The topological polar surface area (TPSA) is 104 Å². The number of oxime groups is 1. The Morgan fingerprint density at radius 3 is 2.62 bits per heavy atom. The molecule has 3 N–H and O–H groups in total. The smallest absolute Gasteiger partial charge is 0.280 e. The number of nitrogens with one attached hydrogen (secondary N) is 1. The molecule has 0 spiro atoms. The quantitative estimate of drug-likeness (QED) is 0.397. The van der Waals surface area contributed by atoms with Crippen LogP contribution in [0.1, 0.15) is 37.7 Å². The van der Waals surface area contributed by atoms with Gasteiger partial charge in [-0.3, -0.25) is 19.2 Å². The molecule has 0 bridgehead atoms. The van der Waals surface area contributed by atoms with Crippen LogP contribution in [0, 0.1) is 5.92 Å². The zero-order chi connectivity index (χ0) is 20.3. The lowest BCUT2D eigenvalue weighted by atomic mass is 10.1. The van der Waals surface area contributed by atoms with Crippen molar-refractivity contribution in [2.75, 3.05) is 11.9 Å². The SMILES string of the molecule is O=C(Nc1nccs1)C(=NOCC1CCCC1)c1ccc(S(O)(O)C2=CC2)cc1. The maximum Gasteiger partial charge on any atom is 0.280 e. The number of carbonyl (C=O) groups excluding carboxylic acids is 1. The van der Waals surface area contributed by atoms with E-state index in [0.29, 0.717) is 39.4 Å². The Labute approximate surface area is 174 Å². The van der Waals surface area contributed by atoms with E-state index in [2.05, 4.69) is 15.5 Å². The molecule has 1 aromatic heterocycles. The second kappa shape index (κ2) is 8.66. The normalized spacial score (nSPS) is 17.7. The summed E-state index contributed by atoms with van der Waals surface area (Å²) in [4.78, 5) is 23.5. The van der Waals surface area contributed by atoms with Crippen molar-refractivity contribution in [3.63, 3.8) is 0 Å². The number of rotatable bonds is 8. The van der Waals surface area contributed by atoms with Gasteiger partial charge in [0.1, 0.15) is 6.61 Å². The molecule has 0 aliphatic heterocycles. The number of thiazole rings is 1. The van der Waals surface area contributed by atoms with Crippen molar-refractivity contribution < 1.29 is 18.7 Å². The third kappa shape index (κ3) is 4.87. The van der Waals surface area contributed by atoms with E-state index < -0.39 is 16.5 Å². The number of carbonyl (C=O) groups is 1. The van der Waals surface area contributed by atoms with Crippen LogP contribution in [-0.2, 0) is 9.63 Å². The standard InChI is InChI=1S/C20H23N3O4S2/c24-19(22-20-21-11-12-28-20)18(23-27-13-14-3-1-2-4-14)15-5-7-16(8-6-15)29(25,26)17-9-10-17/h5-9,11-12,14,25-26H,1-4,10,13H2,(H,21,22,24). The lowest BCUT2D eigenvalue weighted by Gasteiger charge is -2.30. The molecule has 0 radical (unpaired) electrons. The fourth-order valence-electron chi connectivity index (χ4n) is 3.28. The minimum Gasteiger partial charge on any atom is -0.395 e. The number of hydrogen-bond acceptors (Lipinski definition) is 7. The molecule has 1 fully saturated rings. The van der Waals surface area contributed by atoms with Crippen molar-refractivity contribution in [1.82, 2.24) is 4.98 Å². The number of anilines is 1. The largest absolute Gasteiger partial charge is 0.395 e. The van der Waals surface area contributed by atoms with Gasteiger partial charge >= 0.3 is 0 Å². The first-order valence-electron chi connectivity index (χ1n) is 9.52. The summed E-state index contributed by atoms with van der Waals surface area (Å²) in [5, 5.41) is 9.11. The third-order valence-electron chi connectivity index (χ3n) is 5.00. The highest BCUT2D eigenvalue weighted by atomic mass is 32.3. The van der Waals surface area contributed by atoms with Gasteiger partial charge in [-0.1, -0.05) is 36.2 Å². The number of hydrogen-bond donors (Lipinski definition) is 3. The van der Waals surface area contributed by atoms with Gasteiger partial charge in [-0.05, 0) is 30.9 Å². The maximum atomic E-state index is 12.8. The fraction of sp³-hybridized carbons (Fsp3) is 0.350. The van der Waals surface area contributed by atoms with Gasteiger partial charge in [-0.25, -0.2) is 4.98 Å². The van der Waals surface area contributed by atoms with Gasteiger partial charge in [0.05, 0.1) is 4.90 Å². The molecule has 0 saturated heterocycles. The lowest BCUT2D eigenvalue weighted by Crippen LogP contribution is -2.24. The summed E-state index contributed by atoms with van der Waals surface area (Å²) in [7, 11) is -2.92. The Hall–Kier alpha value is -2.20. The predicted octanol–water partition coefficient (Wildman–Crippen LogP) is 5.09. The van der Waals surface area contributed by atoms with E-state index in [1.54, 1.807) is 41.9 Å². The van der Waals surface area contributed by atoms with Crippen molar-refractivity contribution in [1.29, 1.82) is 0 Å². The second-order valence-corrected chi connectivity index (χ2v) is 10.1. The van der Waals surface area contributed by atoms with Crippen molar-refractivity contribution >= 4 is 38.7 Å². The average Bonchev–Trinajstić information content (AvgIpc) is 3.23. The molecular formula is C20H23N3O4S2. The van der Waals surface area contributed by atoms with Gasteiger partial charge in [0.25, 0.3) is 5.91 Å². The summed E-state index contributed by atoms with van der Waals surface area (Å²) in [6.07, 6.45) is 8.70. The molecule has 29 heavy (non-hydrogen) atoms. The zero-order valence-electron chi connectivity index (χ0n) is 15.8. The van der Waals surface area contributed by atoms with E-state index in [0.717, 1.165) is 12.8 Å².